The molecule has 1 heterocycles. The van der Waals surface area contributed by atoms with E-state index in [4.69, 9.17) is 5.11 Å². The molecule has 7 heteroatoms. The molecule has 0 radical (unpaired) electrons. The van der Waals surface area contributed by atoms with Gasteiger partial charge in [-0.15, -0.1) is 10.2 Å². The van der Waals surface area contributed by atoms with Gasteiger partial charge >= 0.3 is 0 Å². The number of sulfone groups is 1. The first-order chi connectivity index (χ1) is 9.85. The maximum atomic E-state index is 12.4. The van der Waals surface area contributed by atoms with E-state index in [-0.39, 0.29) is 23.4 Å². The predicted octanol–water partition coefficient (Wildman–Crippen LogP) is 1.40. The summed E-state index contributed by atoms with van der Waals surface area (Å²) in [6.07, 6.45) is 0. The van der Waals surface area contributed by atoms with Crippen LogP contribution in [0.3, 0.4) is 0 Å². The molecule has 6 nitrogen and oxygen atoms in total. The molecule has 2 rings (SSSR count). The standard InChI is InChI=1S/C14H19N3O3S/c1-10(2)13-15-16-14(17(13)3)21(19,20)9-12-6-4-11(8-18)5-7-12/h4-7,10,18H,8-9H2,1-3H3. The molecule has 1 N–H and O–H groups in total. The van der Waals surface area contributed by atoms with Crippen LogP contribution in [-0.4, -0.2) is 28.3 Å². The second-order valence-corrected chi connectivity index (χ2v) is 7.17. The summed E-state index contributed by atoms with van der Waals surface area (Å²) in [5, 5.41) is 16.7. The monoisotopic (exact) mass is 309 g/mol. The Morgan fingerprint density at radius 2 is 1.71 bits per heavy atom. The molecule has 114 valence electrons. The van der Waals surface area contributed by atoms with E-state index in [1.165, 1.54) is 4.57 Å². The Morgan fingerprint density at radius 1 is 1.14 bits per heavy atom. The maximum absolute atomic E-state index is 12.4. The van der Waals surface area contributed by atoms with Gasteiger partial charge < -0.3 is 9.67 Å². The van der Waals surface area contributed by atoms with E-state index in [1.807, 2.05) is 13.8 Å². The maximum Gasteiger partial charge on any atom is 0.249 e. The lowest BCUT2D eigenvalue weighted by Gasteiger charge is -2.07. The molecule has 0 bridgehead atoms. The average molecular weight is 309 g/mol. The van der Waals surface area contributed by atoms with Gasteiger partial charge in [0.25, 0.3) is 0 Å². The number of hydrogen-bond donors (Lipinski definition) is 1. The highest BCUT2D eigenvalue weighted by atomic mass is 32.2. The van der Waals surface area contributed by atoms with Crippen molar-refractivity contribution < 1.29 is 13.5 Å². The van der Waals surface area contributed by atoms with Gasteiger partial charge in [0.05, 0.1) is 12.4 Å². The van der Waals surface area contributed by atoms with Gasteiger partial charge in [-0.1, -0.05) is 38.1 Å². The van der Waals surface area contributed by atoms with Crippen molar-refractivity contribution in [1.29, 1.82) is 0 Å². The van der Waals surface area contributed by atoms with Gasteiger partial charge in [0.15, 0.2) is 0 Å². The van der Waals surface area contributed by atoms with Gasteiger partial charge in [-0.25, -0.2) is 8.42 Å². The zero-order chi connectivity index (χ0) is 15.6. The van der Waals surface area contributed by atoms with Crippen LogP contribution in [0, 0.1) is 0 Å². The summed E-state index contributed by atoms with van der Waals surface area (Å²) >= 11 is 0. The van der Waals surface area contributed by atoms with Crippen LogP contribution in [0.1, 0.15) is 36.7 Å². The summed E-state index contributed by atoms with van der Waals surface area (Å²) in [5.74, 6) is 0.613. The van der Waals surface area contributed by atoms with E-state index in [9.17, 15) is 8.42 Å². The highest BCUT2D eigenvalue weighted by Crippen LogP contribution is 2.18. The van der Waals surface area contributed by atoms with Crippen LogP contribution >= 0.6 is 0 Å². The quantitative estimate of drug-likeness (QED) is 0.902. The predicted molar refractivity (Wildman–Crippen MR) is 78.3 cm³/mol. The average Bonchev–Trinajstić information content (AvgIpc) is 2.82. The number of rotatable bonds is 5. The number of aliphatic hydroxyl groups is 1. The SMILES string of the molecule is CC(C)c1nnc(S(=O)(=O)Cc2ccc(CO)cc2)n1C. The lowest BCUT2D eigenvalue weighted by Crippen LogP contribution is -2.12. The van der Waals surface area contributed by atoms with Gasteiger partial charge in [0.2, 0.25) is 15.0 Å². The summed E-state index contributed by atoms with van der Waals surface area (Å²) in [6.45, 7) is 3.82. The summed E-state index contributed by atoms with van der Waals surface area (Å²) in [6, 6.07) is 6.81. The van der Waals surface area contributed by atoms with Crippen LogP contribution in [-0.2, 0) is 29.2 Å². The molecule has 0 spiro atoms. The minimum atomic E-state index is -3.55. The van der Waals surface area contributed by atoms with E-state index in [0.29, 0.717) is 11.4 Å². The van der Waals surface area contributed by atoms with Crippen molar-refractivity contribution in [3.05, 3.63) is 41.2 Å². The second kappa shape index (κ2) is 5.95. The number of aliphatic hydroxyl groups excluding tert-OH is 1. The molecular weight excluding hydrogens is 290 g/mol. The zero-order valence-corrected chi connectivity index (χ0v) is 13.1. The number of benzene rings is 1. The van der Waals surface area contributed by atoms with E-state index >= 15 is 0 Å². The number of nitrogens with zero attached hydrogens (tertiary/aromatic N) is 3. The first-order valence-electron chi connectivity index (χ1n) is 6.66. The first-order valence-corrected chi connectivity index (χ1v) is 8.31. The van der Waals surface area contributed by atoms with Gasteiger partial charge in [0.1, 0.15) is 5.82 Å². The van der Waals surface area contributed by atoms with Crippen molar-refractivity contribution in [2.45, 2.75) is 37.3 Å². The number of aromatic nitrogens is 3. The second-order valence-electron chi connectivity index (χ2n) is 5.29. The lowest BCUT2D eigenvalue weighted by molar-refractivity contribution is 0.282. The largest absolute Gasteiger partial charge is 0.392 e. The Labute approximate surface area is 124 Å². The van der Waals surface area contributed by atoms with E-state index in [0.717, 1.165) is 5.56 Å². The van der Waals surface area contributed by atoms with Crippen molar-refractivity contribution in [2.75, 3.05) is 0 Å². The smallest absolute Gasteiger partial charge is 0.249 e. The lowest BCUT2D eigenvalue weighted by atomic mass is 10.2. The summed E-state index contributed by atoms with van der Waals surface area (Å²) in [4.78, 5) is 0. The Balaban J connectivity index is 2.29. The Kier molecular flexibility index (Phi) is 4.43. The minimum Gasteiger partial charge on any atom is -0.392 e. The van der Waals surface area contributed by atoms with Crippen molar-refractivity contribution in [1.82, 2.24) is 14.8 Å². The Morgan fingerprint density at radius 3 is 2.19 bits per heavy atom. The van der Waals surface area contributed by atoms with Crippen molar-refractivity contribution in [3.8, 4) is 0 Å². The van der Waals surface area contributed by atoms with Crippen molar-refractivity contribution in [3.63, 3.8) is 0 Å². The van der Waals surface area contributed by atoms with Crippen molar-refractivity contribution in [2.24, 2.45) is 7.05 Å². The zero-order valence-electron chi connectivity index (χ0n) is 12.3. The highest BCUT2D eigenvalue weighted by Gasteiger charge is 2.24. The van der Waals surface area contributed by atoms with E-state index < -0.39 is 9.84 Å². The van der Waals surface area contributed by atoms with Crippen LogP contribution < -0.4 is 0 Å². The van der Waals surface area contributed by atoms with Crippen LogP contribution in [0.4, 0.5) is 0 Å². The van der Waals surface area contributed by atoms with Crippen LogP contribution in [0.15, 0.2) is 29.4 Å². The fourth-order valence-corrected chi connectivity index (χ4v) is 3.56. The molecule has 0 amide bonds. The molecule has 0 unspecified atom stereocenters. The third-order valence-corrected chi connectivity index (χ3v) is 4.85. The van der Waals surface area contributed by atoms with Gasteiger partial charge in [-0.3, -0.25) is 0 Å². The molecule has 0 aliphatic rings. The van der Waals surface area contributed by atoms with Gasteiger partial charge in [0, 0.05) is 13.0 Å². The van der Waals surface area contributed by atoms with Crippen LogP contribution in [0.25, 0.3) is 0 Å². The fourth-order valence-electron chi connectivity index (χ4n) is 2.12. The molecule has 2 aromatic rings. The molecule has 0 saturated carbocycles. The molecule has 0 atom stereocenters. The number of hydrogen-bond acceptors (Lipinski definition) is 5. The van der Waals surface area contributed by atoms with E-state index in [2.05, 4.69) is 10.2 Å². The Bertz CT molecular complexity index is 718. The molecule has 0 aliphatic carbocycles. The molecule has 21 heavy (non-hydrogen) atoms. The van der Waals surface area contributed by atoms with Crippen molar-refractivity contribution >= 4 is 9.84 Å². The molecule has 0 aliphatic heterocycles. The molecular formula is C14H19N3O3S. The normalized spacial score (nSPS) is 12.0. The highest BCUT2D eigenvalue weighted by molar-refractivity contribution is 7.90. The van der Waals surface area contributed by atoms with Crippen LogP contribution in [0.2, 0.25) is 0 Å². The summed E-state index contributed by atoms with van der Waals surface area (Å²) in [7, 11) is -1.89. The summed E-state index contributed by atoms with van der Waals surface area (Å²) < 4.78 is 26.4. The molecule has 1 aromatic carbocycles. The third-order valence-electron chi connectivity index (χ3n) is 3.23. The van der Waals surface area contributed by atoms with Gasteiger partial charge in [-0.2, -0.15) is 0 Å². The molecule has 0 saturated heterocycles. The molecule has 1 aromatic heterocycles. The topological polar surface area (TPSA) is 85.1 Å². The third kappa shape index (κ3) is 3.30. The fraction of sp³-hybridized carbons (Fsp3) is 0.429. The van der Waals surface area contributed by atoms with E-state index in [1.54, 1.807) is 31.3 Å². The molecule has 0 fully saturated rings. The van der Waals surface area contributed by atoms with Gasteiger partial charge in [-0.05, 0) is 11.1 Å². The minimum absolute atomic E-state index is 0.0163. The first kappa shape index (κ1) is 15.7. The van der Waals surface area contributed by atoms with Crippen LogP contribution in [0.5, 0.6) is 0 Å². The summed E-state index contributed by atoms with van der Waals surface area (Å²) in [5.41, 5.74) is 1.40. The Hall–Kier alpha value is -1.73.